The Morgan fingerprint density at radius 2 is 1.83 bits per heavy atom. The van der Waals surface area contributed by atoms with Gasteiger partial charge < -0.3 is 10.6 Å². The standard InChI is InChI=1S/C11H25N3O3S/c1-4-5-6-7-13-11(15)10(2)12-8-9-14-18(3,16)17/h10,12,14H,4-9H2,1-3H3,(H,13,15). The summed E-state index contributed by atoms with van der Waals surface area (Å²) in [7, 11) is -3.15. The largest absolute Gasteiger partial charge is 0.355 e. The second-order valence-electron chi connectivity index (χ2n) is 4.34. The van der Waals surface area contributed by atoms with Gasteiger partial charge in [0, 0.05) is 19.6 Å². The molecule has 0 spiro atoms. The maximum absolute atomic E-state index is 11.6. The molecule has 0 fully saturated rings. The maximum Gasteiger partial charge on any atom is 0.236 e. The van der Waals surface area contributed by atoms with Crippen LogP contribution in [0.25, 0.3) is 0 Å². The van der Waals surface area contributed by atoms with Crippen molar-refractivity contribution in [3.63, 3.8) is 0 Å². The molecule has 1 atom stereocenters. The van der Waals surface area contributed by atoms with Gasteiger partial charge in [0.15, 0.2) is 0 Å². The van der Waals surface area contributed by atoms with Gasteiger partial charge in [-0.05, 0) is 13.3 Å². The summed E-state index contributed by atoms with van der Waals surface area (Å²) < 4.78 is 23.9. The normalized spacial score (nSPS) is 13.3. The second-order valence-corrected chi connectivity index (χ2v) is 6.17. The molecular formula is C11H25N3O3S. The molecule has 3 N–H and O–H groups in total. The lowest BCUT2D eigenvalue weighted by atomic mass is 10.2. The van der Waals surface area contributed by atoms with Crippen molar-refractivity contribution >= 4 is 15.9 Å². The van der Waals surface area contributed by atoms with Crippen LogP contribution < -0.4 is 15.4 Å². The molecule has 0 aromatic rings. The molecule has 6 nitrogen and oxygen atoms in total. The molecule has 0 rings (SSSR count). The minimum Gasteiger partial charge on any atom is -0.355 e. The summed E-state index contributed by atoms with van der Waals surface area (Å²) in [6, 6.07) is -0.312. The molecular weight excluding hydrogens is 254 g/mol. The van der Waals surface area contributed by atoms with E-state index >= 15 is 0 Å². The van der Waals surface area contributed by atoms with E-state index in [0.29, 0.717) is 13.1 Å². The fourth-order valence-electron chi connectivity index (χ4n) is 1.36. The summed E-state index contributed by atoms with van der Waals surface area (Å²) in [6.45, 7) is 5.28. The summed E-state index contributed by atoms with van der Waals surface area (Å²) in [6.07, 6.45) is 4.34. The number of rotatable bonds is 10. The fraction of sp³-hybridized carbons (Fsp3) is 0.909. The van der Waals surface area contributed by atoms with Crippen LogP contribution in [0.15, 0.2) is 0 Å². The first-order chi connectivity index (χ1) is 8.37. The zero-order valence-corrected chi connectivity index (χ0v) is 12.3. The first kappa shape index (κ1) is 17.3. The van der Waals surface area contributed by atoms with Crippen LogP contribution >= 0.6 is 0 Å². The Balaban J connectivity index is 3.62. The van der Waals surface area contributed by atoms with Gasteiger partial charge >= 0.3 is 0 Å². The Labute approximate surface area is 110 Å². The molecule has 1 unspecified atom stereocenters. The quantitative estimate of drug-likeness (QED) is 0.484. The monoisotopic (exact) mass is 279 g/mol. The first-order valence-corrected chi connectivity index (χ1v) is 8.21. The molecule has 0 aliphatic heterocycles. The van der Waals surface area contributed by atoms with Crippen molar-refractivity contribution in [2.24, 2.45) is 0 Å². The van der Waals surface area contributed by atoms with Gasteiger partial charge in [-0.2, -0.15) is 0 Å². The van der Waals surface area contributed by atoms with Crippen molar-refractivity contribution in [3.05, 3.63) is 0 Å². The topological polar surface area (TPSA) is 87.3 Å². The van der Waals surface area contributed by atoms with Crippen molar-refractivity contribution in [1.29, 1.82) is 0 Å². The van der Waals surface area contributed by atoms with Gasteiger partial charge in [-0.15, -0.1) is 0 Å². The van der Waals surface area contributed by atoms with E-state index in [1.165, 1.54) is 0 Å². The summed E-state index contributed by atoms with van der Waals surface area (Å²) >= 11 is 0. The summed E-state index contributed by atoms with van der Waals surface area (Å²) in [5.41, 5.74) is 0. The maximum atomic E-state index is 11.6. The average molecular weight is 279 g/mol. The summed E-state index contributed by atoms with van der Waals surface area (Å²) in [5, 5.41) is 5.79. The lowest BCUT2D eigenvalue weighted by Crippen LogP contribution is -2.44. The highest BCUT2D eigenvalue weighted by Gasteiger charge is 2.10. The number of hydrogen-bond donors (Lipinski definition) is 3. The zero-order valence-electron chi connectivity index (χ0n) is 11.5. The fourth-order valence-corrected chi connectivity index (χ4v) is 1.83. The van der Waals surface area contributed by atoms with Gasteiger partial charge in [0.1, 0.15) is 0 Å². The van der Waals surface area contributed by atoms with E-state index in [0.717, 1.165) is 25.5 Å². The van der Waals surface area contributed by atoms with E-state index in [2.05, 4.69) is 22.3 Å². The van der Waals surface area contributed by atoms with Crippen molar-refractivity contribution in [1.82, 2.24) is 15.4 Å². The van der Waals surface area contributed by atoms with Crippen LogP contribution in [0.3, 0.4) is 0 Å². The van der Waals surface area contributed by atoms with Crippen LogP contribution in [0.2, 0.25) is 0 Å². The van der Waals surface area contributed by atoms with E-state index < -0.39 is 10.0 Å². The minimum absolute atomic E-state index is 0.0505. The molecule has 0 radical (unpaired) electrons. The zero-order chi connectivity index (χ0) is 14.0. The van der Waals surface area contributed by atoms with Crippen LogP contribution in [-0.4, -0.2) is 46.3 Å². The van der Waals surface area contributed by atoms with Crippen LogP contribution in [0.5, 0.6) is 0 Å². The Morgan fingerprint density at radius 1 is 1.17 bits per heavy atom. The van der Waals surface area contributed by atoms with E-state index in [1.54, 1.807) is 6.92 Å². The van der Waals surface area contributed by atoms with E-state index in [9.17, 15) is 13.2 Å². The predicted molar refractivity (Wildman–Crippen MR) is 72.8 cm³/mol. The third-order valence-corrected chi connectivity index (χ3v) is 3.14. The Morgan fingerprint density at radius 3 is 2.39 bits per heavy atom. The Hall–Kier alpha value is -0.660. The smallest absolute Gasteiger partial charge is 0.236 e. The molecule has 108 valence electrons. The molecule has 1 amide bonds. The summed E-state index contributed by atoms with van der Waals surface area (Å²) in [4.78, 5) is 11.6. The van der Waals surface area contributed by atoms with Gasteiger partial charge in [-0.25, -0.2) is 13.1 Å². The predicted octanol–water partition coefficient (Wildman–Crippen LogP) is -0.180. The third-order valence-electron chi connectivity index (χ3n) is 2.41. The van der Waals surface area contributed by atoms with Crippen LogP contribution in [-0.2, 0) is 14.8 Å². The average Bonchev–Trinajstić information content (AvgIpc) is 2.28. The van der Waals surface area contributed by atoms with Gasteiger partial charge in [0.05, 0.1) is 12.3 Å². The molecule has 0 aromatic carbocycles. The van der Waals surface area contributed by atoms with Gasteiger partial charge in [0.2, 0.25) is 15.9 Å². The lowest BCUT2D eigenvalue weighted by molar-refractivity contribution is -0.122. The number of hydrogen-bond acceptors (Lipinski definition) is 4. The lowest BCUT2D eigenvalue weighted by Gasteiger charge is -2.14. The van der Waals surface area contributed by atoms with E-state index in [1.807, 2.05) is 0 Å². The highest BCUT2D eigenvalue weighted by molar-refractivity contribution is 7.88. The first-order valence-electron chi connectivity index (χ1n) is 6.32. The molecule has 0 aliphatic rings. The Bertz CT molecular complexity index is 330. The molecule has 0 heterocycles. The molecule has 18 heavy (non-hydrogen) atoms. The Kier molecular flexibility index (Phi) is 8.95. The van der Waals surface area contributed by atoms with Crippen LogP contribution in [0.4, 0.5) is 0 Å². The summed E-state index contributed by atoms with van der Waals surface area (Å²) in [5.74, 6) is -0.0505. The second kappa shape index (κ2) is 9.29. The molecule has 0 bridgehead atoms. The highest BCUT2D eigenvalue weighted by Crippen LogP contribution is 1.91. The van der Waals surface area contributed by atoms with Gasteiger partial charge in [-0.1, -0.05) is 19.8 Å². The number of unbranched alkanes of at least 4 members (excludes halogenated alkanes) is 2. The van der Waals surface area contributed by atoms with Gasteiger partial charge in [0.25, 0.3) is 0 Å². The SMILES string of the molecule is CCCCCNC(=O)C(C)NCCNS(C)(=O)=O. The van der Waals surface area contributed by atoms with Crippen molar-refractivity contribution in [2.45, 2.75) is 39.2 Å². The van der Waals surface area contributed by atoms with E-state index in [4.69, 9.17) is 0 Å². The van der Waals surface area contributed by atoms with Gasteiger partial charge in [-0.3, -0.25) is 4.79 Å². The molecule has 0 aromatic heterocycles. The number of carbonyl (C=O) groups is 1. The highest BCUT2D eigenvalue weighted by atomic mass is 32.2. The van der Waals surface area contributed by atoms with Crippen LogP contribution in [0, 0.1) is 0 Å². The van der Waals surface area contributed by atoms with Crippen molar-refractivity contribution in [2.75, 3.05) is 25.9 Å². The number of amides is 1. The van der Waals surface area contributed by atoms with Crippen molar-refractivity contribution < 1.29 is 13.2 Å². The van der Waals surface area contributed by atoms with E-state index in [-0.39, 0.29) is 18.5 Å². The number of nitrogens with one attached hydrogen (secondary N) is 3. The van der Waals surface area contributed by atoms with Crippen molar-refractivity contribution in [3.8, 4) is 0 Å². The van der Waals surface area contributed by atoms with Crippen LogP contribution in [0.1, 0.15) is 33.1 Å². The number of carbonyl (C=O) groups excluding carboxylic acids is 1. The molecule has 0 aliphatic carbocycles. The minimum atomic E-state index is -3.15. The third kappa shape index (κ3) is 10.5. The molecule has 0 saturated carbocycles. The molecule has 0 saturated heterocycles. The molecule has 7 heteroatoms. The number of sulfonamides is 1.